The number of nitrogen functional groups attached to an aromatic ring is 1. The summed E-state index contributed by atoms with van der Waals surface area (Å²) in [4.78, 5) is 4.80. The largest absolute Gasteiger partial charge is 0.399 e. The van der Waals surface area contributed by atoms with E-state index in [-0.39, 0.29) is 0 Å². The first-order valence-corrected chi connectivity index (χ1v) is 7.56. The Labute approximate surface area is 131 Å². The Balaban J connectivity index is 1.59. The van der Waals surface area contributed by atoms with E-state index in [1.807, 2.05) is 36.4 Å². The van der Waals surface area contributed by atoms with Gasteiger partial charge in [0, 0.05) is 44.1 Å². The third-order valence-corrected chi connectivity index (χ3v) is 4.07. The zero-order valence-corrected chi connectivity index (χ0v) is 12.6. The molecule has 1 saturated heterocycles. The molecule has 2 N–H and O–H groups in total. The Bertz CT molecular complexity index is 681. The highest BCUT2D eigenvalue weighted by Gasteiger charge is 2.17. The smallest absolute Gasteiger partial charge is 0.0991 e. The summed E-state index contributed by atoms with van der Waals surface area (Å²) in [5.41, 5.74) is 9.81. The number of nitrogens with zero attached hydrogens (tertiary/aromatic N) is 3. The molecule has 0 aromatic heterocycles. The lowest BCUT2D eigenvalue weighted by atomic mass is 10.1. The van der Waals surface area contributed by atoms with Crippen molar-refractivity contribution in [3.63, 3.8) is 0 Å². The van der Waals surface area contributed by atoms with Gasteiger partial charge in [0.15, 0.2) is 0 Å². The molecule has 0 spiro atoms. The molecule has 0 bridgehead atoms. The molecule has 22 heavy (non-hydrogen) atoms. The monoisotopic (exact) mass is 292 g/mol. The van der Waals surface area contributed by atoms with E-state index in [1.165, 1.54) is 11.3 Å². The van der Waals surface area contributed by atoms with E-state index < -0.39 is 0 Å². The van der Waals surface area contributed by atoms with E-state index in [2.05, 4.69) is 28.0 Å². The summed E-state index contributed by atoms with van der Waals surface area (Å²) in [6, 6.07) is 18.1. The van der Waals surface area contributed by atoms with Crippen LogP contribution in [0.5, 0.6) is 0 Å². The minimum absolute atomic E-state index is 0.732. The van der Waals surface area contributed by atoms with Crippen molar-refractivity contribution in [2.75, 3.05) is 36.8 Å². The predicted octanol–water partition coefficient (Wildman–Crippen LogP) is 2.46. The second-order valence-corrected chi connectivity index (χ2v) is 5.67. The van der Waals surface area contributed by atoms with Gasteiger partial charge in [0.1, 0.15) is 0 Å². The zero-order valence-electron chi connectivity index (χ0n) is 12.6. The standard InChI is InChI=1S/C18H20N4/c19-13-15-3-1-4-16(11-15)14-21-7-9-22(10-8-21)18-6-2-5-17(20)12-18/h1-6,11-12H,7-10,14,20H2. The maximum atomic E-state index is 8.97. The van der Waals surface area contributed by atoms with E-state index in [1.54, 1.807) is 0 Å². The molecule has 0 amide bonds. The van der Waals surface area contributed by atoms with Gasteiger partial charge in [-0.15, -0.1) is 0 Å². The molecule has 1 fully saturated rings. The molecule has 0 aliphatic carbocycles. The van der Waals surface area contributed by atoms with Crippen molar-refractivity contribution in [1.29, 1.82) is 5.26 Å². The van der Waals surface area contributed by atoms with Crippen molar-refractivity contribution in [2.45, 2.75) is 6.54 Å². The van der Waals surface area contributed by atoms with Gasteiger partial charge >= 0.3 is 0 Å². The minimum atomic E-state index is 0.732. The molecule has 112 valence electrons. The topological polar surface area (TPSA) is 56.3 Å². The average Bonchev–Trinajstić information content (AvgIpc) is 2.56. The van der Waals surface area contributed by atoms with Crippen LogP contribution >= 0.6 is 0 Å². The number of benzene rings is 2. The van der Waals surface area contributed by atoms with E-state index in [4.69, 9.17) is 11.0 Å². The van der Waals surface area contributed by atoms with Gasteiger partial charge in [-0.3, -0.25) is 4.90 Å². The van der Waals surface area contributed by atoms with E-state index in [9.17, 15) is 0 Å². The van der Waals surface area contributed by atoms with Gasteiger partial charge in [-0.05, 0) is 35.9 Å². The van der Waals surface area contributed by atoms with Crippen LogP contribution in [-0.4, -0.2) is 31.1 Å². The van der Waals surface area contributed by atoms with Crippen LogP contribution in [0.3, 0.4) is 0 Å². The first-order valence-electron chi connectivity index (χ1n) is 7.56. The van der Waals surface area contributed by atoms with Crippen LogP contribution in [0.2, 0.25) is 0 Å². The Morgan fingerprint density at radius 2 is 1.77 bits per heavy atom. The molecule has 0 saturated carbocycles. The van der Waals surface area contributed by atoms with Crippen LogP contribution in [-0.2, 0) is 6.54 Å². The number of rotatable bonds is 3. The van der Waals surface area contributed by atoms with Crippen LogP contribution in [0.15, 0.2) is 48.5 Å². The van der Waals surface area contributed by atoms with Crippen molar-refractivity contribution in [3.8, 4) is 6.07 Å². The molecule has 0 atom stereocenters. The SMILES string of the molecule is N#Cc1cccc(CN2CCN(c3cccc(N)c3)CC2)c1. The summed E-state index contributed by atoms with van der Waals surface area (Å²) in [5.74, 6) is 0. The normalized spacial score (nSPS) is 15.5. The lowest BCUT2D eigenvalue weighted by Gasteiger charge is -2.36. The summed E-state index contributed by atoms with van der Waals surface area (Å²) in [5, 5.41) is 8.97. The molecule has 3 rings (SSSR count). The minimum Gasteiger partial charge on any atom is -0.399 e. The molecule has 1 heterocycles. The number of hydrogen-bond donors (Lipinski definition) is 1. The fourth-order valence-corrected chi connectivity index (χ4v) is 2.88. The Morgan fingerprint density at radius 1 is 1.00 bits per heavy atom. The first kappa shape index (κ1) is 14.4. The van der Waals surface area contributed by atoms with Crippen molar-refractivity contribution in [1.82, 2.24) is 4.90 Å². The fraction of sp³-hybridized carbons (Fsp3) is 0.278. The summed E-state index contributed by atoms with van der Waals surface area (Å²) in [6.07, 6.45) is 0. The second kappa shape index (κ2) is 6.50. The van der Waals surface area contributed by atoms with Gasteiger partial charge in [0.25, 0.3) is 0 Å². The van der Waals surface area contributed by atoms with Crippen molar-refractivity contribution < 1.29 is 0 Å². The second-order valence-electron chi connectivity index (χ2n) is 5.67. The van der Waals surface area contributed by atoms with Crippen molar-refractivity contribution in [3.05, 3.63) is 59.7 Å². The van der Waals surface area contributed by atoms with Gasteiger partial charge in [0.2, 0.25) is 0 Å². The van der Waals surface area contributed by atoms with Crippen LogP contribution in [0.1, 0.15) is 11.1 Å². The molecule has 4 heteroatoms. The first-order chi connectivity index (χ1) is 10.7. The number of piperazine rings is 1. The highest BCUT2D eigenvalue weighted by molar-refractivity contribution is 5.56. The van der Waals surface area contributed by atoms with E-state index >= 15 is 0 Å². The number of hydrogen-bond acceptors (Lipinski definition) is 4. The maximum absolute atomic E-state index is 8.97. The summed E-state index contributed by atoms with van der Waals surface area (Å²) in [7, 11) is 0. The Hall–Kier alpha value is -2.51. The van der Waals surface area contributed by atoms with E-state index in [0.717, 1.165) is 44.0 Å². The summed E-state index contributed by atoms with van der Waals surface area (Å²) < 4.78 is 0. The van der Waals surface area contributed by atoms with Gasteiger partial charge in [-0.25, -0.2) is 0 Å². The van der Waals surface area contributed by atoms with Gasteiger partial charge in [0.05, 0.1) is 11.6 Å². The lowest BCUT2D eigenvalue weighted by molar-refractivity contribution is 0.250. The van der Waals surface area contributed by atoms with Crippen LogP contribution in [0.25, 0.3) is 0 Å². The lowest BCUT2D eigenvalue weighted by Crippen LogP contribution is -2.45. The molecular formula is C18H20N4. The highest BCUT2D eigenvalue weighted by atomic mass is 15.3. The van der Waals surface area contributed by atoms with Crippen molar-refractivity contribution >= 4 is 11.4 Å². The molecule has 1 aliphatic heterocycles. The van der Waals surface area contributed by atoms with Crippen LogP contribution in [0.4, 0.5) is 11.4 Å². The number of anilines is 2. The zero-order chi connectivity index (χ0) is 15.4. The number of nitriles is 1. The van der Waals surface area contributed by atoms with Crippen molar-refractivity contribution in [2.24, 2.45) is 0 Å². The number of nitrogens with two attached hydrogens (primary N) is 1. The molecule has 2 aromatic rings. The molecule has 1 aliphatic rings. The Morgan fingerprint density at radius 3 is 2.50 bits per heavy atom. The fourth-order valence-electron chi connectivity index (χ4n) is 2.88. The molecule has 4 nitrogen and oxygen atoms in total. The van der Waals surface area contributed by atoms with E-state index in [0.29, 0.717) is 0 Å². The molecule has 0 unspecified atom stereocenters. The quantitative estimate of drug-likeness (QED) is 0.883. The predicted molar refractivity (Wildman–Crippen MR) is 89.5 cm³/mol. The van der Waals surface area contributed by atoms with Gasteiger partial charge in [-0.1, -0.05) is 18.2 Å². The van der Waals surface area contributed by atoms with Gasteiger partial charge in [-0.2, -0.15) is 5.26 Å². The van der Waals surface area contributed by atoms with Crippen LogP contribution < -0.4 is 10.6 Å². The summed E-state index contributed by atoms with van der Waals surface area (Å²) >= 11 is 0. The average molecular weight is 292 g/mol. The maximum Gasteiger partial charge on any atom is 0.0991 e. The van der Waals surface area contributed by atoms with Crippen LogP contribution in [0, 0.1) is 11.3 Å². The molecule has 2 aromatic carbocycles. The summed E-state index contributed by atoms with van der Waals surface area (Å²) in [6.45, 7) is 4.94. The highest BCUT2D eigenvalue weighted by Crippen LogP contribution is 2.20. The third kappa shape index (κ3) is 3.38. The molecule has 0 radical (unpaired) electrons. The van der Waals surface area contributed by atoms with Gasteiger partial charge < -0.3 is 10.6 Å². The third-order valence-electron chi connectivity index (χ3n) is 4.07. The Kier molecular flexibility index (Phi) is 4.27. The molecular weight excluding hydrogens is 272 g/mol.